The van der Waals surface area contributed by atoms with E-state index >= 15 is 0 Å². The Balaban J connectivity index is 1.23. The number of amides is 4. The lowest BCUT2D eigenvalue weighted by atomic mass is 10.0. The summed E-state index contributed by atoms with van der Waals surface area (Å²) in [5.74, 6) is -1.51. The SMILES string of the molecule is COc1ccc2c(O[C@@H]3C[C@H]4C(=O)N[C@]5(C(=O)NS(=O)(=O)C6(C)CC6)C[C@H]5/C=C\CCCCC[C@H](NC(=O)c5ccn[nH]5)C(=O)N4C3)cc(OC(C)C)nc2c1C. The van der Waals surface area contributed by atoms with E-state index < -0.39 is 68.0 Å². The number of aromatic amines is 1. The third kappa shape index (κ3) is 8.16. The average Bonchev–Trinajstić information content (AvgIpc) is 3.91. The molecular formula is C40H51N7O9S. The summed E-state index contributed by atoms with van der Waals surface area (Å²) in [6, 6.07) is 4.70. The molecule has 0 unspecified atom stereocenters. The predicted molar refractivity (Wildman–Crippen MR) is 209 cm³/mol. The number of nitrogens with zero attached hydrogens (tertiary/aromatic N) is 3. The number of ether oxygens (including phenoxy) is 3. The highest BCUT2D eigenvalue weighted by atomic mass is 32.2. The van der Waals surface area contributed by atoms with Gasteiger partial charge in [-0.2, -0.15) is 5.10 Å². The summed E-state index contributed by atoms with van der Waals surface area (Å²) < 4.78 is 45.8. The molecule has 2 aliphatic heterocycles. The Kier molecular flexibility index (Phi) is 11.0. The van der Waals surface area contributed by atoms with Crippen molar-refractivity contribution in [2.45, 2.75) is 120 Å². The lowest BCUT2D eigenvalue weighted by Gasteiger charge is -2.30. The van der Waals surface area contributed by atoms with Crippen LogP contribution in [0.4, 0.5) is 0 Å². The Morgan fingerprint density at radius 3 is 2.58 bits per heavy atom. The van der Waals surface area contributed by atoms with E-state index in [0.29, 0.717) is 60.4 Å². The average molecular weight is 806 g/mol. The predicted octanol–water partition coefficient (Wildman–Crippen LogP) is 3.60. The lowest BCUT2D eigenvalue weighted by molar-refractivity contribution is -0.141. The maximum Gasteiger partial charge on any atom is 0.269 e. The van der Waals surface area contributed by atoms with E-state index in [4.69, 9.17) is 19.2 Å². The summed E-state index contributed by atoms with van der Waals surface area (Å²) in [5.41, 5.74) is 0.0170. The Morgan fingerprint density at radius 2 is 1.88 bits per heavy atom. The number of nitrogens with one attached hydrogen (secondary N) is 4. The smallest absolute Gasteiger partial charge is 0.269 e. The minimum atomic E-state index is -4.00. The second-order valence-electron chi connectivity index (χ2n) is 16.1. The van der Waals surface area contributed by atoms with E-state index in [1.54, 1.807) is 20.1 Å². The molecule has 4 heterocycles. The molecule has 2 aliphatic carbocycles. The van der Waals surface area contributed by atoms with E-state index in [9.17, 15) is 27.6 Å². The molecule has 7 rings (SSSR count). The van der Waals surface area contributed by atoms with Crippen LogP contribution in [-0.4, -0.2) is 100 Å². The third-order valence-electron chi connectivity index (χ3n) is 11.5. The first-order valence-electron chi connectivity index (χ1n) is 19.6. The van der Waals surface area contributed by atoms with Crippen LogP contribution in [0.15, 0.2) is 42.6 Å². The van der Waals surface area contributed by atoms with Crippen LogP contribution in [0.2, 0.25) is 0 Å². The number of benzene rings is 1. The minimum Gasteiger partial charge on any atom is -0.496 e. The highest BCUT2D eigenvalue weighted by Crippen LogP contribution is 2.47. The summed E-state index contributed by atoms with van der Waals surface area (Å²) in [6.07, 6.45) is 8.60. The number of methoxy groups -OCH3 is 1. The molecule has 57 heavy (non-hydrogen) atoms. The van der Waals surface area contributed by atoms with Crippen molar-refractivity contribution >= 4 is 44.6 Å². The number of hydrogen-bond donors (Lipinski definition) is 4. The van der Waals surface area contributed by atoms with Crippen molar-refractivity contribution in [2.24, 2.45) is 5.92 Å². The molecule has 2 saturated carbocycles. The molecule has 306 valence electrons. The fourth-order valence-electron chi connectivity index (χ4n) is 7.72. The van der Waals surface area contributed by atoms with Gasteiger partial charge in [0.25, 0.3) is 11.8 Å². The number of aromatic nitrogens is 3. The van der Waals surface area contributed by atoms with Crippen LogP contribution in [0, 0.1) is 12.8 Å². The molecule has 4 N–H and O–H groups in total. The van der Waals surface area contributed by atoms with Gasteiger partial charge in [-0.25, -0.2) is 13.4 Å². The Labute approximate surface area is 331 Å². The van der Waals surface area contributed by atoms with Crippen LogP contribution in [0.25, 0.3) is 10.9 Å². The molecule has 2 aromatic heterocycles. The number of carbonyl (C=O) groups excluding carboxylic acids is 4. The van der Waals surface area contributed by atoms with Crippen LogP contribution < -0.4 is 29.6 Å². The Hall–Kier alpha value is -5.19. The molecule has 0 bridgehead atoms. The van der Waals surface area contributed by atoms with E-state index in [2.05, 4.69) is 25.6 Å². The van der Waals surface area contributed by atoms with E-state index in [1.165, 1.54) is 17.2 Å². The summed E-state index contributed by atoms with van der Waals surface area (Å²) in [5, 5.41) is 12.9. The second kappa shape index (κ2) is 15.6. The number of carbonyl (C=O) groups is 4. The Bertz CT molecular complexity index is 2190. The first-order valence-corrected chi connectivity index (χ1v) is 21.1. The van der Waals surface area contributed by atoms with Gasteiger partial charge in [0.05, 0.1) is 30.0 Å². The van der Waals surface area contributed by atoms with Gasteiger partial charge in [0, 0.05) is 35.6 Å². The van der Waals surface area contributed by atoms with E-state index in [1.807, 2.05) is 45.1 Å². The number of rotatable bonds is 10. The largest absolute Gasteiger partial charge is 0.496 e. The van der Waals surface area contributed by atoms with Gasteiger partial charge in [-0.05, 0) is 84.4 Å². The van der Waals surface area contributed by atoms with E-state index in [0.717, 1.165) is 18.4 Å². The molecule has 4 amide bonds. The second-order valence-corrected chi connectivity index (χ2v) is 18.3. The molecule has 3 fully saturated rings. The van der Waals surface area contributed by atoms with Crippen LogP contribution in [-0.2, 0) is 24.4 Å². The maximum absolute atomic E-state index is 14.7. The van der Waals surface area contributed by atoms with Crippen LogP contribution in [0.1, 0.15) is 94.6 Å². The zero-order chi connectivity index (χ0) is 40.7. The number of hydrogen-bond acceptors (Lipinski definition) is 11. The molecule has 0 radical (unpaired) electrons. The van der Waals surface area contributed by atoms with E-state index in [-0.39, 0.29) is 31.2 Å². The van der Waals surface area contributed by atoms with Gasteiger partial charge in [-0.15, -0.1) is 0 Å². The number of sulfonamides is 1. The topological polar surface area (TPSA) is 211 Å². The fourth-order valence-corrected chi connectivity index (χ4v) is 9.03. The third-order valence-corrected chi connectivity index (χ3v) is 13.7. The quantitative estimate of drug-likeness (QED) is 0.218. The lowest BCUT2D eigenvalue weighted by Crippen LogP contribution is -2.58. The first-order chi connectivity index (χ1) is 27.1. The van der Waals surface area contributed by atoms with Crippen LogP contribution >= 0.6 is 0 Å². The summed E-state index contributed by atoms with van der Waals surface area (Å²) >= 11 is 0. The normalized spacial score (nSPS) is 26.6. The Morgan fingerprint density at radius 1 is 1.09 bits per heavy atom. The van der Waals surface area contributed by atoms with Gasteiger partial charge in [0.15, 0.2) is 0 Å². The monoisotopic (exact) mass is 805 g/mol. The highest BCUT2D eigenvalue weighted by molar-refractivity contribution is 7.91. The molecule has 17 heteroatoms. The highest BCUT2D eigenvalue weighted by Gasteiger charge is 2.63. The molecule has 5 atom stereocenters. The van der Waals surface area contributed by atoms with Crippen LogP contribution in [0.3, 0.4) is 0 Å². The van der Waals surface area contributed by atoms with Gasteiger partial charge in [-0.1, -0.05) is 25.0 Å². The van der Waals surface area contributed by atoms with Gasteiger partial charge in [0.2, 0.25) is 27.7 Å². The first kappa shape index (κ1) is 40.0. The van der Waals surface area contributed by atoms with Crippen molar-refractivity contribution < 1.29 is 41.8 Å². The van der Waals surface area contributed by atoms with Gasteiger partial charge in [-0.3, -0.25) is 29.0 Å². The van der Waals surface area contributed by atoms with Crippen molar-refractivity contribution in [1.82, 2.24) is 35.4 Å². The molecule has 4 aliphatic rings. The van der Waals surface area contributed by atoms with Crippen molar-refractivity contribution in [3.63, 3.8) is 0 Å². The summed E-state index contributed by atoms with van der Waals surface area (Å²) in [7, 11) is -2.43. The molecule has 1 aromatic carbocycles. The molecule has 1 saturated heterocycles. The number of fused-ring (bicyclic) bond motifs is 3. The number of pyridine rings is 1. The molecule has 16 nitrogen and oxygen atoms in total. The standard InChI is InChI=1S/C40H51N7O9S/c1-23(2)55-33-20-32(27-13-14-31(54-5)24(3)34(27)43-33)56-26-19-30-36(49)44-40(38(51)46-57(52,53)39(4)16-17-39)21-25(40)11-9-7-6-8-10-12-29(37(50)47(30)22-26)42-35(48)28-15-18-41-45-28/h9,11,13-15,18,20,23,25-26,29-30H,6-8,10,12,16-17,19,21-22H2,1-5H3,(H,41,45)(H,42,48)(H,44,49)(H,46,51)/b11-9-/t25-,26-,29+,30+,40-/m1/s1. The fraction of sp³-hybridized carbons (Fsp3) is 0.550. The summed E-state index contributed by atoms with van der Waals surface area (Å²) in [4.78, 5) is 62.6. The van der Waals surface area contributed by atoms with Crippen molar-refractivity contribution in [1.29, 1.82) is 0 Å². The van der Waals surface area contributed by atoms with Crippen molar-refractivity contribution in [3.05, 3.63) is 53.9 Å². The number of aryl methyl sites for hydroxylation is 1. The maximum atomic E-state index is 14.7. The van der Waals surface area contributed by atoms with Gasteiger partial charge >= 0.3 is 0 Å². The van der Waals surface area contributed by atoms with Gasteiger partial charge in [0.1, 0.15) is 40.9 Å². The zero-order valence-corrected chi connectivity index (χ0v) is 33.7. The zero-order valence-electron chi connectivity index (χ0n) is 32.9. The molecular weight excluding hydrogens is 755 g/mol. The summed E-state index contributed by atoms with van der Waals surface area (Å²) in [6.45, 7) is 7.21. The van der Waals surface area contributed by atoms with Crippen molar-refractivity contribution in [3.8, 4) is 17.4 Å². The molecule has 3 aromatic rings. The van der Waals surface area contributed by atoms with Gasteiger partial charge < -0.3 is 29.7 Å². The minimum absolute atomic E-state index is 0.0259. The molecule has 0 spiro atoms. The number of allylic oxidation sites excluding steroid dienone is 1. The number of H-pyrrole nitrogens is 1. The van der Waals surface area contributed by atoms with Crippen molar-refractivity contribution in [2.75, 3.05) is 13.7 Å². The van der Waals surface area contributed by atoms with Crippen LogP contribution in [0.5, 0.6) is 17.4 Å².